The minimum atomic E-state index is -0.764. The van der Waals surface area contributed by atoms with E-state index in [9.17, 15) is 14.0 Å². The molecule has 2 aromatic carbocycles. The van der Waals surface area contributed by atoms with Crippen molar-refractivity contribution in [1.82, 2.24) is 5.32 Å². The molecule has 132 valence electrons. The maximum atomic E-state index is 13.0. The number of halogens is 1. The largest absolute Gasteiger partial charge is 0.493 e. The van der Waals surface area contributed by atoms with E-state index < -0.39 is 24.3 Å². The number of carbonyl (C=O) groups is 2. The van der Waals surface area contributed by atoms with Crippen molar-refractivity contribution >= 4 is 11.9 Å². The van der Waals surface area contributed by atoms with Gasteiger partial charge in [-0.3, -0.25) is 4.79 Å². The number of rotatable bonds is 8. The van der Waals surface area contributed by atoms with Gasteiger partial charge in [0.1, 0.15) is 12.4 Å². The van der Waals surface area contributed by atoms with Gasteiger partial charge in [-0.1, -0.05) is 18.2 Å². The smallest absolute Gasteiger partial charge is 0.338 e. The fraction of sp³-hybridized carbons (Fsp3) is 0.222. The van der Waals surface area contributed by atoms with E-state index in [1.54, 1.807) is 12.1 Å². The van der Waals surface area contributed by atoms with Crippen molar-refractivity contribution < 1.29 is 28.2 Å². The van der Waals surface area contributed by atoms with Gasteiger partial charge in [0.25, 0.3) is 5.91 Å². The quantitative estimate of drug-likeness (QED) is 0.585. The Balaban J connectivity index is 1.68. The first kappa shape index (κ1) is 18.3. The van der Waals surface area contributed by atoms with Gasteiger partial charge in [-0.25, -0.2) is 9.18 Å². The third kappa shape index (κ3) is 5.80. The number of ether oxygens (including phenoxy) is 3. The number of hydrogen-bond acceptors (Lipinski definition) is 5. The molecule has 2 rings (SSSR count). The van der Waals surface area contributed by atoms with E-state index in [2.05, 4.69) is 5.32 Å². The van der Waals surface area contributed by atoms with Crippen LogP contribution in [-0.2, 0) is 9.53 Å². The van der Waals surface area contributed by atoms with Gasteiger partial charge in [-0.15, -0.1) is 0 Å². The molecule has 0 saturated carbocycles. The maximum Gasteiger partial charge on any atom is 0.338 e. The third-order valence-corrected chi connectivity index (χ3v) is 3.15. The predicted molar refractivity (Wildman–Crippen MR) is 88.2 cm³/mol. The highest BCUT2D eigenvalue weighted by atomic mass is 19.1. The second-order valence-electron chi connectivity index (χ2n) is 4.94. The number of esters is 1. The van der Waals surface area contributed by atoms with E-state index in [-0.39, 0.29) is 18.7 Å². The van der Waals surface area contributed by atoms with Crippen LogP contribution in [0.25, 0.3) is 0 Å². The van der Waals surface area contributed by atoms with Crippen LogP contribution in [0.15, 0.2) is 48.5 Å². The van der Waals surface area contributed by atoms with E-state index in [0.29, 0.717) is 11.5 Å². The summed E-state index contributed by atoms with van der Waals surface area (Å²) in [5.74, 6) is -0.629. The molecule has 0 aliphatic heterocycles. The molecule has 25 heavy (non-hydrogen) atoms. The van der Waals surface area contributed by atoms with Crippen LogP contribution in [0.1, 0.15) is 10.4 Å². The lowest BCUT2D eigenvalue weighted by molar-refractivity contribution is -0.124. The SMILES string of the molecule is COc1ccccc1OCCNC(=O)COC(=O)c1cccc(F)c1. The lowest BCUT2D eigenvalue weighted by atomic mass is 10.2. The molecule has 0 fully saturated rings. The third-order valence-electron chi connectivity index (χ3n) is 3.15. The van der Waals surface area contributed by atoms with Crippen LogP contribution in [0.3, 0.4) is 0 Å². The van der Waals surface area contributed by atoms with E-state index >= 15 is 0 Å². The summed E-state index contributed by atoms with van der Waals surface area (Å²) >= 11 is 0. The van der Waals surface area contributed by atoms with Crippen molar-refractivity contribution in [3.8, 4) is 11.5 Å². The molecule has 0 unspecified atom stereocenters. The van der Waals surface area contributed by atoms with Crippen LogP contribution in [-0.4, -0.2) is 38.7 Å². The molecule has 0 spiro atoms. The molecule has 6 nitrogen and oxygen atoms in total. The summed E-state index contributed by atoms with van der Waals surface area (Å²) < 4.78 is 28.5. The number of benzene rings is 2. The summed E-state index contributed by atoms with van der Waals surface area (Å²) in [7, 11) is 1.54. The van der Waals surface area contributed by atoms with Crippen LogP contribution in [0.2, 0.25) is 0 Å². The minimum absolute atomic E-state index is 0.0484. The molecule has 0 radical (unpaired) electrons. The number of amides is 1. The minimum Gasteiger partial charge on any atom is -0.493 e. The fourth-order valence-corrected chi connectivity index (χ4v) is 1.97. The molecule has 1 amide bonds. The molecular formula is C18H18FNO5. The number of para-hydroxylation sites is 2. The average molecular weight is 347 g/mol. The van der Waals surface area contributed by atoms with Crippen LogP contribution in [0.4, 0.5) is 4.39 Å². The van der Waals surface area contributed by atoms with Gasteiger partial charge in [0.15, 0.2) is 18.1 Å². The Hall–Kier alpha value is -3.09. The van der Waals surface area contributed by atoms with Gasteiger partial charge in [-0.05, 0) is 30.3 Å². The Morgan fingerprint density at radius 1 is 1.08 bits per heavy atom. The van der Waals surface area contributed by atoms with E-state index in [0.717, 1.165) is 6.07 Å². The molecule has 0 aliphatic carbocycles. The molecule has 0 aliphatic rings. The zero-order valence-electron chi connectivity index (χ0n) is 13.7. The van der Waals surface area contributed by atoms with Gasteiger partial charge in [-0.2, -0.15) is 0 Å². The molecule has 0 bridgehead atoms. The molecule has 0 heterocycles. The van der Waals surface area contributed by atoms with Gasteiger partial charge >= 0.3 is 5.97 Å². The van der Waals surface area contributed by atoms with Crippen molar-refractivity contribution in [3.63, 3.8) is 0 Å². The molecular weight excluding hydrogens is 329 g/mol. The normalized spacial score (nSPS) is 10.0. The zero-order valence-corrected chi connectivity index (χ0v) is 13.7. The van der Waals surface area contributed by atoms with E-state index in [1.807, 2.05) is 12.1 Å². The number of hydrogen-bond donors (Lipinski definition) is 1. The summed E-state index contributed by atoms with van der Waals surface area (Å²) in [4.78, 5) is 23.3. The Morgan fingerprint density at radius 2 is 1.84 bits per heavy atom. The summed E-state index contributed by atoms with van der Waals surface area (Å²) in [5, 5.41) is 2.55. The van der Waals surface area contributed by atoms with Gasteiger partial charge in [0.2, 0.25) is 0 Å². The monoisotopic (exact) mass is 347 g/mol. The lowest BCUT2D eigenvalue weighted by Crippen LogP contribution is -2.32. The average Bonchev–Trinajstić information content (AvgIpc) is 2.63. The predicted octanol–water partition coefficient (Wildman–Crippen LogP) is 2.19. The second-order valence-corrected chi connectivity index (χ2v) is 4.94. The standard InChI is InChI=1S/C18H18FNO5/c1-23-15-7-2-3-8-16(15)24-10-9-20-17(21)12-25-18(22)13-5-4-6-14(19)11-13/h2-8,11H,9-10,12H2,1H3,(H,20,21). The van der Waals surface area contributed by atoms with Gasteiger partial charge in [0.05, 0.1) is 19.2 Å². The molecule has 0 saturated heterocycles. The van der Waals surface area contributed by atoms with Crippen LogP contribution in [0.5, 0.6) is 11.5 Å². The topological polar surface area (TPSA) is 73.9 Å². The Bertz CT molecular complexity index is 735. The lowest BCUT2D eigenvalue weighted by Gasteiger charge is -2.11. The van der Waals surface area contributed by atoms with Crippen LogP contribution < -0.4 is 14.8 Å². The summed E-state index contributed by atoms with van der Waals surface area (Å²) in [5.41, 5.74) is 0.0484. The Labute approximate surface area is 144 Å². The van der Waals surface area contributed by atoms with Gasteiger partial charge < -0.3 is 19.5 Å². The highest BCUT2D eigenvalue weighted by molar-refractivity contribution is 5.91. The summed E-state index contributed by atoms with van der Waals surface area (Å²) in [6, 6.07) is 12.2. The summed E-state index contributed by atoms with van der Waals surface area (Å²) in [6.45, 7) is 0.00234. The fourth-order valence-electron chi connectivity index (χ4n) is 1.97. The number of methoxy groups -OCH3 is 1. The first-order chi connectivity index (χ1) is 12.1. The molecule has 1 N–H and O–H groups in total. The second kappa shape index (κ2) is 9.27. The first-order valence-electron chi connectivity index (χ1n) is 7.55. The van der Waals surface area contributed by atoms with Gasteiger partial charge in [0, 0.05) is 0 Å². The highest BCUT2D eigenvalue weighted by Gasteiger charge is 2.10. The van der Waals surface area contributed by atoms with Crippen LogP contribution >= 0.6 is 0 Å². The number of nitrogens with one attached hydrogen (secondary N) is 1. The van der Waals surface area contributed by atoms with Crippen molar-refractivity contribution in [2.24, 2.45) is 0 Å². The molecule has 7 heteroatoms. The molecule has 0 aromatic heterocycles. The Morgan fingerprint density at radius 3 is 2.56 bits per heavy atom. The zero-order chi connectivity index (χ0) is 18.1. The van der Waals surface area contributed by atoms with Crippen molar-refractivity contribution in [2.45, 2.75) is 0 Å². The Kier molecular flexibility index (Phi) is 6.76. The van der Waals surface area contributed by atoms with E-state index in [4.69, 9.17) is 14.2 Å². The van der Waals surface area contributed by atoms with Crippen LogP contribution in [0, 0.1) is 5.82 Å². The molecule has 2 aromatic rings. The van der Waals surface area contributed by atoms with Crippen molar-refractivity contribution in [2.75, 3.05) is 26.9 Å². The summed E-state index contributed by atoms with van der Waals surface area (Å²) in [6.07, 6.45) is 0. The molecule has 0 atom stereocenters. The van der Waals surface area contributed by atoms with Crippen molar-refractivity contribution in [1.29, 1.82) is 0 Å². The van der Waals surface area contributed by atoms with Crippen molar-refractivity contribution in [3.05, 3.63) is 59.9 Å². The highest BCUT2D eigenvalue weighted by Crippen LogP contribution is 2.25. The first-order valence-corrected chi connectivity index (χ1v) is 7.55. The maximum absolute atomic E-state index is 13.0. The van der Waals surface area contributed by atoms with E-state index in [1.165, 1.54) is 25.3 Å². The number of carbonyl (C=O) groups excluding carboxylic acids is 2.